The summed E-state index contributed by atoms with van der Waals surface area (Å²) in [6.07, 6.45) is 2.36. The molecule has 98 valence electrons. The van der Waals surface area contributed by atoms with Crippen molar-refractivity contribution in [1.29, 1.82) is 0 Å². The number of nitrogens with zero attached hydrogens (tertiary/aromatic N) is 2. The molecular weight excluding hydrogens is 214 g/mol. The summed E-state index contributed by atoms with van der Waals surface area (Å²) in [4.78, 5) is 16.4. The van der Waals surface area contributed by atoms with Crippen molar-refractivity contribution < 1.29 is 4.79 Å². The van der Waals surface area contributed by atoms with Crippen LogP contribution >= 0.6 is 0 Å². The Bertz CT molecular complexity index is 284. The van der Waals surface area contributed by atoms with Crippen molar-refractivity contribution in [2.45, 2.75) is 45.2 Å². The molecule has 0 saturated carbocycles. The third-order valence-corrected chi connectivity index (χ3v) is 4.34. The average molecular weight is 239 g/mol. The van der Waals surface area contributed by atoms with E-state index in [1.807, 2.05) is 0 Å². The lowest BCUT2D eigenvalue weighted by Gasteiger charge is -2.52. The Hall–Kier alpha value is -0.610. The highest BCUT2D eigenvalue weighted by Crippen LogP contribution is 2.31. The van der Waals surface area contributed by atoms with E-state index < -0.39 is 0 Å². The predicted molar refractivity (Wildman–Crippen MR) is 68.9 cm³/mol. The number of piperidine rings is 1. The Morgan fingerprint density at radius 1 is 1.24 bits per heavy atom. The molecule has 4 nitrogen and oxygen atoms in total. The Morgan fingerprint density at radius 2 is 1.88 bits per heavy atom. The molecule has 0 radical (unpaired) electrons. The van der Waals surface area contributed by atoms with Crippen molar-refractivity contribution in [3.8, 4) is 0 Å². The molecule has 0 aromatic carbocycles. The van der Waals surface area contributed by atoms with Crippen molar-refractivity contribution in [1.82, 2.24) is 15.1 Å². The summed E-state index contributed by atoms with van der Waals surface area (Å²) < 4.78 is 0. The first-order valence-electron chi connectivity index (χ1n) is 6.76. The number of hydrogen-bond acceptors (Lipinski definition) is 3. The lowest BCUT2D eigenvalue weighted by molar-refractivity contribution is -0.140. The zero-order chi connectivity index (χ0) is 12.5. The van der Waals surface area contributed by atoms with Crippen LogP contribution in [0.3, 0.4) is 0 Å². The van der Waals surface area contributed by atoms with E-state index >= 15 is 0 Å². The number of piperazine rings is 1. The fourth-order valence-electron chi connectivity index (χ4n) is 3.45. The Kier molecular flexibility index (Phi) is 3.73. The maximum atomic E-state index is 11.7. The minimum Gasteiger partial charge on any atom is -0.336 e. The smallest absolute Gasteiger partial charge is 0.219 e. The summed E-state index contributed by atoms with van der Waals surface area (Å²) in [6, 6.07) is 0.516. The summed E-state index contributed by atoms with van der Waals surface area (Å²) in [5.74, 6) is 0.217. The van der Waals surface area contributed by atoms with Gasteiger partial charge in [-0.05, 0) is 26.7 Å². The number of rotatable bonds is 1. The van der Waals surface area contributed by atoms with Gasteiger partial charge in [-0.2, -0.15) is 0 Å². The monoisotopic (exact) mass is 239 g/mol. The zero-order valence-electron chi connectivity index (χ0n) is 11.3. The van der Waals surface area contributed by atoms with Crippen molar-refractivity contribution in [2.75, 3.05) is 32.7 Å². The highest BCUT2D eigenvalue weighted by Gasteiger charge is 2.42. The van der Waals surface area contributed by atoms with Gasteiger partial charge in [0, 0.05) is 45.7 Å². The van der Waals surface area contributed by atoms with Crippen molar-refractivity contribution in [3.63, 3.8) is 0 Å². The highest BCUT2D eigenvalue weighted by atomic mass is 16.2. The summed E-state index contributed by atoms with van der Waals surface area (Å²) in [6.45, 7) is 11.4. The van der Waals surface area contributed by atoms with Crippen LogP contribution in [0.5, 0.6) is 0 Å². The standard InChI is InChI=1S/C13H25N3O/c1-11(17)16-8-4-5-12(13(16,2)3)15-9-6-14-7-10-15/h12,14H,4-10H2,1-3H3. The first kappa shape index (κ1) is 12.8. The SMILES string of the molecule is CC(=O)N1CCCC(N2CCNCC2)C1(C)C. The fraction of sp³-hybridized carbons (Fsp3) is 0.923. The van der Waals surface area contributed by atoms with E-state index in [4.69, 9.17) is 0 Å². The van der Waals surface area contributed by atoms with E-state index in [0.717, 1.165) is 39.1 Å². The van der Waals surface area contributed by atoms with Crippen LogP contribution in [0.15, 0.2) is 0 Å². The van der Waals surface area contributed by atoms with Crippen molar-refractivity contribution in [3.05, 3.63) is 0 Å². The maximum Gasteiger partial charge on any atom is 0.219 e. The zero-order valence-corrected chi connectivity index (χ0v) is 11.3. The average Bonchev–Trinajstić information content (AvgIpc) is 2.28. The molecule has 1 unspecified atom stereocenters. The molecular formula is C13H25N3O. The van der Waals surface area contributed by atoms with Crippen LogP contribution in [0.25, 0.3) is 0 Å². The second-order valence-corrected chi connectivity index (χ2v) is 5.77. The van der Waals surface area contributed by atoms with E-state index in [1.54, 1.807) is 6.92 Å². The third kappa shape index (κ3) is 2.47. The number of nitrogens with one attached hydrogen (secondary N) is 1. The molecule has 2 saturated heterocycles. The lowest BCUT2D eigenvalue weighted by Crippen LogP contribution is -2.65. The van der Waals surface area contributed by atoms with E-state index in [1.165, 1.54) is 6.42 Å². The van der Waals surface area contributed by atoms with Gasteiger partial charge in [0.25, 0.3) is 0 Å². The lowest BCUT2D eigenvalue weighted by atomic mass is 9.83. The number of carbonyl (C=O) groups is 1. The molecule has 2 aliphatic heterocycles. The fourth-order valence-corrected chi connectivity index (χ4v) is 3.45. The molecule has 2 fully saturated rings. The van der Waals surface area contributed by atoms with Gasteiger partial charge in [0.1, 0.15) is 0 Å². The molecule has 1 amide bonds. The van der Waals surface area contributed by atoms with E-state index in [0.29, 0.717) is 6.04 Å². The van der Waals surface area contributed by atoms with Gasteiger partial charge in [-0.3, -0.25) is 9.69 Å². The summed E-state index contributed by atoms with van der Waals surface area (Å²) in [7, 11) is 0. The van der Waals surface area contributed by atoms with Gasteiger partial charge >= 0.3 is 0 Å². The Labute approximate surface area is 104 Å². The van der Waals surface area contributed by atoms with Crippen molar-refractivity contribution in [2.24, 2.45) is 0 Å². The first-order valence-corrected chi connectivity index (χ1v) is 6.76. The Morgan fingerprint density at radius 3 is 2.47 bits per heavy atom. The van der Waals surface area contributed by atoms with E-state index in [-0.39, 0.29) is 11.4 Å². The molecule has 4 heteroatoms. The quantitative estimate of drug-likeness (QED) is 0.731. The second kappa shape index (κ2) is 4.94. The molecule has 0 aliphatic carbocycles. The molecule has 0 aromatic heterocycles. The molecule has 0 spiro atoms. The van der Waals surface area contributed by atoms with Gasteiger partial charge in [-0.1, -0.05) is 0 Å². The number of hydrogen-bond donors (Lipinski definition) is 1. The van der Waals surface area contributed by atoms with Gasteiger partial charge < -0.3 is 10.2 Å². The van der Waals surface area contributed by atoms with Crippen LogP contribution in [-0.4, -0.2) is 60.0 Å². The van der Waals surface area contributed by atoms with Gasteiger partial charge in [-0.25, -0.2) is 0 Å². The van der Waals surface area contributed by atoms with Crippen LogP contribution in [0, 0.1) is 0 Å². The van der Waals surface area contributed by atoms with Crippen LogP contribution < -0.4 is 5.32 Å². The molecule has 1 N–H and O–H groups in total. The topological polar surface area (TPSA) is 35.6 Å². The summed E-state index contributed by atoms with van der Waals surface area (Å²) >= 11 is 0. The first-order chi connectivity index (χ1) is 8.03. The molecule has 2 rings (SSSR count). The molecule has 17 heavy (non-hydrogen) atoms. The molecule has 0 bridgehead atoms. The van der Waals surface area contributed by atoms with Gasteiger partial charge in [0.2, 0.25) is 5.91 Å². The van der Waals surface area contributed by atoms with Crippen LogP contribution in [0.4, 0.5) is 0 Å². The highest BCUT2D eigenvalue weighted by molar-refractivity contribution is 5.74. The minimum atomic E-state index is -0.0264. The summed E-state index contributed by atoms with van der Waals surface area (Å²) in [5.41, 5.74) is -0.0264. The molecule has 2 heterocycles. The van der Waals surface area contributed by atoms with Gasteiger partial charge in [-0.15, -0.1) is 0 Å². The van der Waals surface area contributed by atoms with Crippen LogP contribution in [-0.2, 0) is 4.79 Å². The van der Waals surface area contributed by atoms with Gasteiger partial charge in [0.05, 0.1) is 5.54 Å². The number of likely N-dealkylation sites (tertiary alicyclic amines) is 1. The minimum absolute atomic E-state index is 0.0264. The number of amides is 1. The molecule has 1 atom stereocenters. The van der Waals surface area contributed by atoms with Gasteiger partial charge in [0.15, 0.2) is 0 Å². The number of carbonyl (C=O) groups excluding carboxylic acids is 1. The van der Waals surface area contributed by atoms with Crippen LogP contribution in [0.1, 0.15) is 33.6 Å². The normalized spacial score (nSPS) is 30.3. The van der Waals surface area contributed by atoms with Crippen molar-refractivity contribution >= 4 is 5.91 Å². The maximum absolute atomic E-state index is 11.7. The summed E-state index contributed by atoms with van der Waals surface area (Å²) in [5, 5.41) is 3.39. The molecule has 2 aliphatic rings. The van der Waals surface area contributed by atoms with E-state index in [2.05, 4.69) is 29.0 Å². The van der Waals surface area contributed by atoms with E-state index in [9.17, 15) is 4.79 Å². The second-order valence-electron chi connectivity index (χ2n) is 5.77. The third-order valence-electron chi connectivity index (χ3n) is 4.34. The van der Waals surface area contributed by atoms with Crippen LogP contribution in [0.2, 0.25) is 0 Å². The molecule has 0 aromatic rings. The predicted octanol–water partition coefficient (Wildman–Crippen LogP) is 0.681. The Balaban J connectivity index is 2.12. The largest absolute Gasteiger partial charge is 0.336 e.